The van der Waals surface area contributed by atoms with Gasteiger partial charge in [0.15, 0.2) is 0 Å². The van der Waals surface area contributed by atoms with Crippen LogP contribution in [0.2, 0.25) is 10.0 Å². The summed E-state index contributed by atoms with van der Waals surface area (Å²) in [5, 5.41) is 4.43. The lowest BCUT2D eigenvalue weighted by Gasteiger charge is -2.35. The Hall–Kier alpha value is -2.17. The lowest BCUT2D eigenvalue weighted by atomic mass is 9.79. The molecule has 1 aliphatic heterocycles. The molecule has 0 fully saturated rings. The monoisotopic (exact) mass is 421 g/mol. The van der Waals surface area contributed by atoms with E-state index in [-0.39, 0.29) is 12.0 Å². The molecule has 4 rings (SSSR count). The molecule has 0 aromatic heterocycles. The first-order valence-corrected chi connectivity index (χ1v) is 9.56. The molecule has 1 heterocycles. The fourth-order valence-electron chi connectivity index (χ4n) is 3.76. The number of benzene rings is 3. The van der Waals surface area contributed by atoms with Gasteiger partial charge in [-0.25, -0.2) is 0 Å². The summed E-state index contributed by atoms with van der Waals surface area (Å²) in [6.07, 6.45) is -3.80. The Labute approximate surface area is 171 Å². The maximum Gasteiger partial charge on any atom is 0.416 e. The number of nitrogens with one attached hydrogen (secondary N) is 1. The van der Waals surface area contributed by atoms with Gasteiger partial charge in [0.25, 0.3) is 0 Å². The predicted octanol–water partition coefficient (Wildman–Crippen LogP) is 7.70. The molecule has 0 saturated carbocycles. The topological polar surface area (TPSA) is 12.0 Å². The number of fused-ring (bicyclic) bond motifs is 1. The maximum absolute atomic E-state index is 13.3. The Bertz CT molecular complexity index is 1000. The molecule has 0 radical (unpaired) electrons. The van der Waals surface area contributed by atoms with Crippen molar-refractivity contribution < 1.29 is 13.2 Å². The molecule has 2 unspecified atom stereocenters. The second kappa shape index (κ2) is 7.34. The van der Waals surface area contributed by atoms with Gasteiger partial charge >= 0.3 is 6.18 Å². The third-order valence-corrected chi connectivity index (χ3v) is 5.66. The van der Waals surface area contributed by atoms with Gasteiger partial charge in [-0.3, -0.25) is 0 Å². The van der Waals surface area contributed by atoms with Crippen molar-refractivity contribution in [2.45, 2.75) is 24.6 Å². The molecule has 6 heteroatoms. The van der Waals surface area contributed by atoms with Crippen LogP contribution in [0.1, 0.15) is 40.6 Å². The Balaban J connectivity index is 1.81. The molecule has 3 aromatic rings. The number of anilines is 1. The molecule has 0 bridgehead atoms. The van der Waals surface area contributed by atoms with Crippen molar-refractivity contribution in [1.29, 1.82) is 0 Å². The Morgan fingerprint density at radius 2 is 1.61 bits per heavy atom. The highest BCUT2D eigenvalue weighted by molar-refractivity contribution is 6.35. The van der Waals surface area contributed by atoms with Crippen LogP contribution in [0.15, 0.2) is 66.7 Å². The van der Waals surface area contributed by atoms with Crippen LogP contribution in [0.5, 0.6) is 0 Å². The quantitative estimate of drug-likeness (QED) is 0.446. The van der Waals surface area contributed by atoms with Crippen LogP contribution >= 0.6 is 23.2 Å². The van der Waals surface area contributed by atoms with E-state index in [1.807, 2.05) is 36.4 Å². The summed E-state index contributed by atoms with van der Waals surface area (Å²) in [6.45, 7) is 0. The van der Waals surface area contributed by atoms with Gasteiger partial charge in [0.2, 0.25) is 0 Å². The lowest BCUT2D eigenvalue weighted by molar-refractivity contribution is -0.137. The smallest absolute Gasteiger partial charge is 0.378 e. The molecule has 2 atom stereocenters. The van der Waals surface area contributed by atoms with Crippen molar-refractivity contribution in [3.05, 3.63) is 99.0 Å². The van der Waals surface area contributed by atoms with Gasteiger partial charge in [0.1, 0.15) is 0 Å². The number of alkyl halides is 3. The van der Waals surface area contributed by atoms with E-state index in [9.17, 15) is 13.2 Å². The summed E-state index contributed by atoms with van der Waals surface area (Å²) >= 11 is 12.4. The highest BCUT2D eigenvalue weighted by Crippen LogP contribution is 2.46. The number of hydrogen-bond donors (Lipinski definition) is 1. The SMILES string of the molecule is FC(F)(F)c1ccc2c(c1)C(c1ccccc1)CC(c1ccc(Cl)cc1Cl)N2. The number of rotatable bonds is 2. The third kappa shape index (κ3) is 3.71. The van der Waals surface area contributed by atoms with Crippen LogP contribution in [-0.4, -0.2) is 0 Å². The highest BCUT2D eigenvalue weighted by atomic mass is 35.5. The first kappa shape index (κ1) is 19.2. The summed E-state index contributed by atoms with van der Waals surface area (Å²) in [6, 6.07) is 18.6. The van der Waals surface area contributed by atoms with Crippen LogP contribution in [0.4, 0.5) is 18.9 Å². The highest BCUT2D eigenvalue weighted by Gasteiger charge is 2.35. The fourth-order valence-corrected chi connectivity index (χ4v) is 4.30. The van der Waals surface area contributed by atoms with Gasteiger partial charge < -0.3 is 5.32 Å². The molecule has 0 spiro atoms. The molecule has 0 amide bonds. The number of hydrogen-bond acceptors (Lipinski definition) is 1. The standard InChI is InChI=1S/C22H16Cl2F3N/c23-15-7-8-16(19(24)11-15)21-12-17(13-4-2-1-3-5-13)18-10-14(22(25,26)27)6-9-20(18)28-21/h1-11,17,21,28H,12H2. The normalized spacial score (nSPS) is 19.0. The van der Waals surface area contributed by atoms with E-state index in [0.29, 0.717) is 27.7 Å². The minimum atomic E-state index is -4.38. The van der Waals surface area contributed by atoms with Gasteiger partial charge in [-0.1, -0.05) is 59.6 Å². The molecule has 0 aliphatic carbocycles. The molecular weight excluding hydrogens is 406 g/mol. The minimum absolute atomic E-state index is 0.140. The lowest BCUT2D eigenvalue weighted by Crippen LogP contribution is -2.23. The average Bonchev–Trinajstić information content (AvgIpc) is 2.66. The van der Waals surface area contributed by atoms with Crippen molar-refractivity contribution in [2.75, 3.05) is 5.32 Å². The van der Waals surface area contributed by atoms with Gasteiger partial charge in [-0.15, -0.1) is 0 Å². The summed E-state index contributed by atoms with van der Waals surface area (Å²) < 4.78 is 39.8. The summed E-state index contributed by atoms with van der Waals surface area (Å²) in [4.78, 5) is 0. The maximum atomic E-state index is 13.3. The van der Waals surface area contributed by atoms with Crippen LogP contribution in [-0.2, 0) is 6.18 Å². The molecule has 1 aliphatic rings. The summed E-state index contributed by atoms with van der Waals surface area (Å²) in [5.74, 6) is -0.184. The molecule has 144 valence electrons. The van der Waals surface area contributed by atoms with Gasteiger partial charge in [-0.2, -0.15) is 13.2 Å². The number of halogens is 5. The largest absolute Gasteiger partial charge is 0.416 e. The Morgan fingerprint density at radius 1 is 0.857 bits per heavy atom. The van der Waals surface area contributed by atoms with Crippen LogP contribution < -0.4 is 5.32 Å². The molecule has 1 nitrogen and oxygen atoms in total. The van der Waals surface area contributed by atoms with Crippen LogP contribution in [0.25, 0.3) is 0 Å². The van der Waals surface area contributed by atoms with E-state index >= 15 is 0 Å². The molecule has 1 N–H and O–H groups in total. The Kier molecular flexibility index (Phi) is 5.02. The van der Waals surface area contributed by atoms with Gasteiger partial charge in [0, 0.05) is 21.7 Å². The third-order valence-electron chi connectivity index (χ3n) is 5.10. The fraction of sp³-hybridized carbons (Fsp3) is 0.182. The molecule has 28 heavy (non-hydrogen) atoms. The van der Waals surface area contributed by atoms with Crippen molar-refractivity contribution in [2.24, 2.45) is 0 Å². The van der Waals surface area contributed by atoms with E-state index in [1.165, 1.54) is 12.1 Å². The first-order chi connectivity index (χ1) is 13.3. The average molecular weight is 422 g/mol. The van der Waals surface area contributed by atoms with E-state index in [0.717, 1.165) is 17.2 Å². The molecule has 3 aromatic carbocycles. The van der Waals surface area contributed by atoms with E-state index in [1.54, 1.807) is 12.1 Å². The van der Waals surface area contributed by atoms with Crippen LogP contribution in [0, 0.1) is 0 Å². The minimum Gasteiger partial charge on any atom is -0.378 e. The van der Waals surface area contributed by atoms with E-state index in [4.69, 9.17) is 23.2 Å². The molecular formula is C22H16Cl2F3N. The second-order valence-corrected chi connectivity index (χ2v) is 7.71. The van der Waals surface area contributed by atoms with Crippen molar-refractivity contribution >= 4 is 28.9 Å². The second-order valence-electron chi connectivity index (χ2n) is 6.86. The summed E-state index contributed by atoms with van der Waals surface area (Å²) in [7, 11) is 0. The predicted molar refractivity (Wildman–Crippen MR) is 107 cm³/mol. The van der Waals surface area contributed by atoms with Crippen molar-refractivity contribution in [3.8, 4) is 0 Å². The zero-order valence-electron chi connectivity index (χ0n) is 14.6. The van der Waals surface area contributed by atoms with Crippen LogP contribution in [0.3, 0.4) is 0 Å². The Morgan fingerprint density at radius 3 is 2.29 bits per heavy atom. The molecule has 0 saturated heterocycles. The van der Waals surface area contributed by atoms with Gasteiger partial charge in [0.05, 0.1) is 11.6 Å². The van der Waals surface area contributed by atoms with Gasteiger partial charge in [-0.05, 0) is 53.4 Å². The summed E-state index contributed by atoms with van der Waals surface area (Å²) in [5.41, 5.74) is 2.53. The van der Waals surface area contributed by atoms with E-state index < -0.39 is 11.7 Å². The zero-order chi connectivity index (χ0) is 19.9. The zero-order valence-corrected chi connectivity index (χ0v) is 16.1. The van der Waals surface area contributed by atoms with Crippen molar-refractivity contribution in [1.82, 2.24) is 0 Å². The van der Waals surface area contributed by atoms with E-state index in [2.05, 4.69) is 5.32 Å². The van der Waals surface area contributed by atoms with Crippen molar-refractivity contribution in [3.63, 3.8) is 0 Å². The first-order valence-electron chi connectivity index (χ1n) is 8.80.